The van der Waals surface area contributed by atoms with Gasteiger partial charge in [-0.05, 0) is 46.2 Å². The van der Waals surface area contributed by atoms with E-state index in [9.17, 15) is 19.3 Å². The lowest BCUT2D eigenvalue weighted by Gasteiger charge is -2.33. The zero-order valence-corrected chi connectivity index (χ0v) is 15.5. The lowest BCUT2D eigenvalue weighted by atomic mass is 9.97. The summed E-state index contributed by atoms with van der Waals surface area (Å²) in [5.41, 5.74) is -0.467. The van der Waals surface area contributed by atoms with E-state index in [0.717, 1.165) is 31.5 Å². The molecule has 144 valence electrons. The summed E-state index contributed by atoms with van der Waals surface area (Å²) in [5, 5.41) is 14.2. The summed E-state index contributed by atoms with van der Waals surface area (Å²) in [6, 6.07) is 3.38. The zero-order valence-electron chi connectivity index (χ0n) is 15.5. The van der Waals surface area contributed by atoms with E-state index >= 15 is 0 Å². The van der Waals surface area contributed by atoms with Crippen LogP contribution in [0.4, 0.5) is 15.8 Å². The normalized spacial score (nSPS) is 18.4. The van der Waals surface area contributed by atoms with Gasteiger partial charge < -0.3 is 10.1 Å². The average Bonchev–Trinajstić information content (AvgIpc) is 2.54. The number of likely N-dealkylation sites (tertiary alicyclic amines) is 1. The van der Waals surface area contributed by atoms with Crippen molar-refractivity contribution >= 4 is 17.3 Å². The molecule has 1 N–H and O–H groups in total. The van der Waals surface area contributed by atoms with Gasteiger partial charge >= 0.3 is 5.97 Å². The predicted octanol–water partition coefficient (Wildman–Crippen LogP) is 3.20. The van der Waals surface area contributed by atoms with Crippen LogP contribution in [0.2, 0.25) is 0 Å². The molecular weight excluding hydrogens is 341 g/mol. The van der Waals surface area contributed by atoms with Crippen molar-refractivity contribution in [3.63, 3.8) is 0 Å². The first-order chi connectivity index (χ1) is 12.2. The standard InChI is InChI=1S/C18H26FN3O4/c1-18(2,3)17(23)26-10-9-21-8-4-5-14(12-21)20-15-11-13(19)6-7-16(15)22(24)25/h6-7,11,14,20H,4-5,8-10,12H2,1-3H3. The summed E-state index contributed by atoms with van der Waals surface area (Å²) in [5.74, 6) is -0.751. The Morgan fingerprint density at radius 3 is 2.85 bits per heavy atom. The Morgan fingerprint density at radius 1 is 1.46 bits per heavy atom. The smallest absolute Gasteiger partial charge is 0.311 e. The highest BCUT2D eigenvalue weighted by atomic mass is 19.1. The van der Waals surface area contributed by atoms with Crippen LogP contribution >= 0.6 is 0 Å². The number of rotatable bonds is 6. The predicted molar refractivity (Wildman–Crippen MR) is 96.6 cm³/mol. The third-order valence-corrected chi connectivity index (χ3v) is 4.27. The molecule has 1 aromatic rings. The number of hydrogen-bond donors (Lipinski definition) is 1. The molecule has 0 radical (unpaired) electrons. The van der Waals surface area contributed by atoms with Gasteiger partial charge in [-0.1, -0.05) is 0 Å². The van der Waals surface area contributed by atoms with Crippen LogP contribution in [0.1, 0.15) is 33.6 Å². The monoisotopic (exact) mass is 367 g/mol. The van der Waals surface area contributed by atoms with Crippen LogP contribution in [-0.2, 0) is 9.53 Å². The van der Waals surface area contributed by atoms with E-state index in [4.69, 9.17) is 4.74 Å². The lowest BCUT2D eigenvalue weighted by Crippen LogP contribution is -2.43. The molecule has 1 aromatic carbocycles. The van der Waals surface area contributed by atoms with Crippen molar-refractivity contribution in [1.82, 2.24) is 4.90 Å². The first-order valence-electron chi connectivity index (χ1n) is 8.77. The number of esters is 1. The van der Waals surface area contributed by atoms with E-state index in [2.05, 4.69) is 10.2 Å². The molecule has 2 rings (SSSR count). The average molecular weight is 367 g/mol. The summed E-state index contributed by atoms with van der Waals surface area (Å²) in [6.07, 6.45) is 1.75. The quantitative estimate of drug-likeness (QED) is 0.472. The van der Waals surface area contributed by atoms with E-state index in [-0.39, 0.29) is 23.4 Å². The molecule has 1 heterocycles. The molecule has 1 saturated heterocycles. The zero-order chi connectivity index (χ0) is 19.3. The highest BCUT2D eigenvalue weighted by molar-refractivity contribution is 5.75. The van der Waals surface area contributed by atoms with Crippen molar-refractivity contribution in [2.75, 3.05) is 31.6 Å². The van der Waals surface area contributed by atoms with Gasteiger partial charge in [-0.15, -0.1) is 0 Å². The molecule has 0 bridgehead atoms. The molecular formula is C18H26FN3O4. The van der Waals surface area contributed by atoms with Gasteiger partial charge in [-0.2, -0.15) is 0 Å². The Morgan fingerprint density at radius 2 is 2.19 bits per heavy atom. The maximum absolute atomic E-state index is 13.5. The Bertz CT molecular complexity index is 660. The third-order valence-electron chi connectivity index (χ3n) is 4.27. The number of hydrogen-bond acceptors (Lipinski definition) is 6. The minimum Gasteiger partial charge on any atom is -0.464 e. The first kappa shape index (κ1) is 20.1. The number of anilines is 1. The topological polar surface area (TPSA) is 84.7 Å². The summed E-state index contributed by atoms with van der Waals surface area (Å²) < 4.78 is 18.7. The van der Waals surface area contributed by atoms with Crippen molar-refractivity contribution in [3.8, 4) is 0 Å². The molecule has 0 aromatic heterocycles. The Hall–Kier alpha value is -2.22. The number of nitro groups is 1. The molecule has 26 heavy (non-hydrogen) atoms. The summed E-state index contributed by atoms with van der Waals surface area (Å²) >= 11 is 0. The first-order valence-corrected chi connectivity index (χ1v) is 8.77. The number of halogens is 1. The summed E-state index contributed by atoms with van der Waals surface area (Å²) in [6.45, 7) is 7.86. The number of nitrogens with one attached hydrogen (secondary N) is 1. The second-order valence-corrected chi connectivity index (χ2v) is 7.59. The highest BCUT2D eigenvalue weighted by Gasteiger charge is 2.25. The number of carbonyl (C=O) groups excluding carboxylic acids is 1. The Balaban J connectivity index is 1.90. The fraction of sp³-hybridized carbons (Fsp3) is 0.611. The van der Waals surface area contributed by atoms with Gasteiger partial charge in [0, 0.05) is 31.3 Å². The second kappa shape index (κ2) is 8.44. The van der Waals surface area contributed by atoms with Gasteiger partial charge in [-0.25, -0.2) is 4.39 Å². The molecule has 0 spiro atoms. The third kappa shape index (κ3) is 5.66. The van der Waals surface area contributed by atoms with E-state index in [0.29, 0.717) is 19.7 Å². The Kier molecular flexibility index (Phi) is 6.52. The molecule has 1 aliphatic heterocycles. The van der Waals surface area contributed by atoms with Crippen LogP contribution in [0.15, 0.2) is 18.2 Å². The summed E-state index contributed by atoms with van der Waals surface area (Å²) in [4.78, 5) is 24.5. The van der Waals surface area contributed by atoms with Crippen molar-refractivity contribution < 1.29 is 18.8 Å². The number of benzene rings is 1. The van der Waals surface area contributed by atoms with Gasteiger partial charge in [0.25, 0.3) is 5.69 Å². The molecule has 1 atom stereocenters. The number of piperidine rings is 1. The van der Waals surface area contributed by atoms with Gasteiger partial charge in [0.05, 0.1) is 10.3 Å². The van der Waals surface area contributed by atoms with Crippen molar-refractivity contribution in [2.24, 2.45) is 5.41 Å². The largest absolute Gasteiger partial charge is 0.464 e. The Labute approximate surface area is 152 Å². The maximum atomic E-state index is 13.5. The molecule has 1 unspecified atom stereocenters. The van der Waals surface area contributed by atoms with Crippen molar-refractivity contribution in [2.45, 2.75) is 39.7 Å². The van der Waals surface area contributed by atoms with Gasteiger partial charge in [0.15, 0.2) is 0 Å². The minimum absolute atomic E-state index is 0.0254. The number of nitro benzene ring substituents is 1. The van der Waals surface area contributed by atoms with E-state index in [1.165, 1.54) is 6.07 Å². The number of carbonyl (C=O) groups is 1. The van der Waals surface area contributed by atoms with Crippen LogP contribution in [0.25, 0.3) is 0 Å². The van der Waals surface area contributed by atoms with Crippen LogP contribution in [-0.4, -0.2) is 48.1 Å². The SMILES string of the molecule is CC(C)(C)C(=O)OCCN1CCCC(Nc2cc(F)ccc2[N+](=O)[O-])C1. The molecule has 0 amide bonds. The lowest BCUT2D eigenvalue weighted by molar-refractivity contribution is -0.384. The fourth-order valence-electron chi connectivity index (χ4n) is 2.86. The number of ether oxygens (including phenoxy) is 1. The van der Waals surface area contributed by atoms with Gasteiger partial charge in [-0.3, -0.25) is 19.8 Å². The highest BCUT2D eigenvalue weighted by Crippen LogP contribution is 2.27. The molecule has 7 nitrogen and oxygen atoms in total. The summed E-state index contributed by atoms with van der Waals surface area (Å²) in [7, 11) is 0. The van der Waals surface area contributed by atoms with E-state index < -0.39 is 16.2 Å². The van der Waals surface area contributed by atoms with Gasteiger partial charge in [0.1, 0.15) is 18.1 Å². The molecule has 8 heteroatoms. The van der Waals surface area contributed by atoms with Gasteiger partial charge in [0.2, 0.25) is 0 Å². The van der Waals surface area contributed by atoms with Crippen LogP contribution in [0.5, 0.6) is 0 Å². The van der Waals surface area contributed by atoms with E-state index in [1.54, 1.807) is 0 Å². The second-order valence-electron chi connectivity index (χ2n) is 7.59. The van der Waals surface area contributed by atoms with Crippen molar-refractivity contribution in [3.05, 3.63) is 34.1 Å². The van der Waals surface area contributed by atoms with E-state index in [1.807, 2.05) is 20.8 Å². The van der Waals surface area contributed by atoms with Crippen LogP contribution in [0, 0.1) is 21.3 Å². The minimum atomic E-state index is -0.525. The fourth-order valence-corrected chi connectivity index (χ4v) is 2.86. The number of nitrogens with zero attached hydrogens (tertiary/aromatic N) is 2. The maximum Gasteiger partial charge on any atom is 0.311 e. The molecule has 0 aliphatic carbocycles. The van der Waals surface area contributed by atoms with Crippen LogP contribution < -0.4 is 5.32 Å². The molecule has 1 fully saturated rings. The van der Waals surface area contributed by atoms with Crippen LogP contribution in [0.3, 0.4) is 0 Å². The molecule has 1 aliphatic rings. The molecule has 0 saturated carbocycles. The van der Waals surface area contributed by atoms with Crippen molar-refractivity contribution in [1.29, 1.82) is 0 Å².